The van der Waals surface area contributed by atoms with Crippen LogP contribution in [0, 0.1) is 5.82 Å². The minimum Gasteiger partial charge on any atom is -0.493 e. The van der Waals surface area contributed by atoms with Crippen LogP contribution >= 0.6 is 12.2 Å². The van der Waals surface area contributed by atoms with Crippen LogP contribution < -0.4 is 14.8 Å². The molecule has 2 aromatic rings. The molecule has 7 nitrogen and oxygen atoms in total. The van der Waals surface area contributed by atoms with Crippen molar-refractivity contribution in [1.82, 2.24) is 10.2 Å². The maximum Gasteiger partial charge on any atom is 0.325 e. The lowest BCUT2D eigenvalue weighted by Crippen LogP contribution is -2.35. The zero-order valence-electron chi connectivity index (χ0n) is 16.3. The highest BCUT2D eigenvalue weighted by Gasteiger charge is 2.32. The van der Waals surface area contributed by atoms with Gasteiger partial charge in [0.05, 0.1) is 14.2 Å². The van der Waals surface area contributed by atoms with E-state index in [1.165, 1.54) is 26.4 Å². The number of nitrogens with zero attached hydrogens (tertiary/aromatic N) is 1. The molecule has 1 fully saturated rings. The molecule has 0 atom stereocenters. The van der Waals surface area contributed by atoms with Gasteiger partial charge in [0.15, 0.2) is 16.6 Å². The smallest absolute Gasteiger partial charge is 0.325 e. The van der Waals surface area contributed by atoms with Gasteiger partial charge in [-0.25, -0.2) is 4.39 Å². The molecular formula is C21H19FN2O5S. The largest absolute Gasteiger partial charge is 0.493 e. The number of ether oxygens (including phenoxy) is 3. The number of carbonyl (C=O) groups excluding carboxylic acids is 2. The Kier molecular flexibility index (Phi) is 6.63. The highest BCUT2D eigenvalue weighted by molar-refractivity contribution is 7.80. The van der Waals surface area contributed by atoms with E-state index in [0.717, 1.165) is 4.90 Å². The first-order valence-electron chi connectivity index (χ1n) is 8.88. The summed E-state index contributed by atoms with van der Waals surface area (Å²) in [5, 5.41) is 2.91. The Balaban J connectivity index is 1.75. The molecule has 9 heteroatoms. The third-order valence-electron chi connectivity index (χ3n) is 4.26. The third kappa shape index (κ3) is 4.93. The summed E-state index contributed by atoms with van der Waals surface area (Å²) in [7, 11) is 2.73. The first kappa shape index (κ1) is 21.3. The van der Waals surface area contributed by atoms with Gasteiger partial charge in [0.25, 0.3) is 5.91 Å². The summed E-state index contributed by atoms with van der Waals surface area (Å²) < 4.78 is 29.0. The fourth-order valence-corrected chi connectivity index (χ4v) is 3.01. The Hall–Kier alpha value is -3.46. The van der Waals surface area contributed by atoms with Crippen LogP contribution in [0.5, 0.6) is 11.5 Å². The number of hydrogen-bond acceptors (Lipinski definition) is 6. The average Bonchev–Trinajstić information content (AvgIpc) is 2.99. The van der Waals surface area contributed by atoms with E-state index in [9.17, 15) is 14.0 Å². The minimum atomic E-state index is -0.574. The quantitative estimate of drug-likeness (QED) is 0.411. The molecule has 156 valence electrons. The van der Waals surface area contributed by atoms with E-state index in [1.807, 2.05) is 0 Å². The fraction of sp³-hybridized carbons (Fsp3) is 0.190. The zero-order valence-corrected chi connectivity index (χ0v) is 17.1. The van der Waals surface area contributed by atoms with Crippen molar-refractivity contribution >= 4 is 35.3 Å². The van der Waals surface area contributed by atoms with Gasteiger partial charge >= 0.3 is 5.97 Å². The van der Waals surface area contributed by atoms with Gasteiger partial charge in [-0.2, -0.15) is 0 Å². The van der Waals surface area contributed by atoms with Crippen LogP contribution in [0.15, 0.2) is 48.2 Å². The Labute approximate surface area is 178 Å². The topological polar surface area (TPSA) is 77.1 Å². The van der Waals surface area contributed by atoms with E-state index in [2.05, 4.69) is 10.1 Å². The number of methoxy groups -OCH3 is 2. The molecule has 3 rings (SSSR count). The monoisotopic (exact) mass is 430 g/mol. The van der Waals surface area contributed by atoms with Crippen molar-refractivity contribution < 1.29 is 28.2 Å². The van der Waals surface area contributed by atoms with E-state index >= 15 is 0 Å². The summed E-state index contributed by atoms with van der Waals surface area (Å²) in [5.41, 5.74) is 1.56. The van der Waals surface area contributed by atoms with Crippen molar-refractivity contribution in [2.75, 3.05) is 20.8 Å². The van der Waals surface area contributed by atoms with Crippen LogP contribution in [0.25, 0.3) is 6.08 Å². The Morgan fingerprint density at radius 3 is 2.70 bits per heavy atom. The SMILES string of the molecule is COC(=O)CN1C(=O)/C(=C/c2ccc(OCc3cccc(F)c3)c(OC)c2)NC1=S. The number of nitrogens with one attached hydrogen (secondary N) is 1. The Morgan fingerprint density at radius 2 is 2.00 bits per heavy atom. The molecule has 0 saturated carbocycles. The number of carbonyl (C=O) groups is 2. The van der Waals surface area contributed by atoms with Crippen molar-refractivity contribution in [2.45, 2.75) is 6.61 Å². The summed E-state index contributed by atoms with van der Waals surface area (Å²) in [5.74, 6) is -0.429. The van der Waals surface area contributed by atoms with Crippen molar-refractivity contribution in [1.29, 1.82) is 0 Å². The van der Waals surface area contributed by atoms with E-state index in [1.54, 1.807) is 36.4 Å². The van der Waals surface area contributed by atoms with Crippen molar-refractivity contribution in [3.05, 3.63) is 65.1 Å². The van der Waals surface area contributed by atoms with Gasteiger partial charge in [-0.15, -0.1) is 0 Å². The predicted octanol–water partition coefficient (Wildman–Crippen LogP) is 2.64. The highest BCUT2D eigenvalue weighted by atomic mass is 32.1. The van der Waals surface area contributed by atoms with Crippen molar-refractivity contribution in [3.63, 3.8) is 0 Å². The standard InChI is InChI=1S/C21H19FN2O5S/c1-27-18-10-13(6-7-17(18)29-12-14-4-3-5-15(22)8-14)9-16-20(26)24(21(30)23-16)11-19(25)28-2/h3-10H,11-12H2,1-2H3,(H,23,30)/b16-9-. The Morgan fingerprint density at radius 1 is 1.20 bits per heavy atom. The summed E-state index contributed by atoms with van der Waals surface area (Å²) in [6.45, 7) is -0.0972. The average molecular weight is 430 g/mol. The number of thiocarbonyl (C=S) groups is 1. The van der Waals surface area contributed by atoms with Crippen molar-refractivity contribution in [2.24, 2.45) is 0 Å². The number of amides is 1. The molecule has 1 aliphatic rings. The number of esters is 1. The van der Waals surface area contributed by atoms with E-state index in [0.29, 0.717) is 22.6 Å². The van der Waals surface area contributed by atoms with Gasteiger partial charge in [-0.05, 0) is 53.7 Å². The molecule has 0 unspecified atom stereocenters. The number of rotatable bonds is 7. The van der Waals surface area contributed by atoms with Gasteiger partial charge < -0.3 is 19.5 Å². The molecule has 1 saturated heterocycles. The molecule has 2 aromatic carbocycles. The summed E-state index contributed by atoms with van der Waals surface area (Å²) >= 11 is 5.11. The molecule has 1 amide bonds. The van der Waals surface area contributed by atoms with Gasteiger partial charge in [0.1, 0.15) is 24.7 Å². The second kappa shape index (κ2) is 9.36. The molecule has 0 aliphatic carbocycles. The van der Waals surface area contributed by atoms with Crippen molar-refractivity contribution in [3.8, 4) is 11.5 Å². The summed E-state index contributed by atoms with van der Waals surface area (Å²) in [6.07, 6.45) is 1.59. The number of hydrogen-bond donors (Lipinski definition) is 1. The van der Waals surface area contributed by atoms with Crippen LogP contribution in [-0.2, 0) is 20.9 Å². The molecule has 0 radical (unpaired) electrons. The lowest BCUT2D eigenvalue weighted by Gasteiger charge is -2.12. The van der Waals surface area contributed by atoms with E-state index in [4.69, 9.17) is 21.7 Å². The number of benzene rings is 2. The molecule has 1 heterocycles. The van der Waals surface area contributed by atoms with Crippen LogP contribution in [0.3, 0.4) is 0 Å². The van der Waals surface area contributed by atoms with Crippen LogP contribution in [0.2, 0.25) is 0 Å². The third-order valence-corrected chi connectivity index (χ3v) is 4.58. The van der Waals surface area contributed by atoms with Gasteiger partial charge in [0, 0.05) is 0 Å². The normalized spacial score (nSPS) is 14.6. The fourth-order valence-electron chi connectivity index (χ4n) is 2.76. The van der Waals surface area contributed by atoms with Crippen LogP contribution in [0.4, 0.5) is 4.39 Å². The van der Waals surface area contributed by atoms with E-state index < -0.39 is 11.9 Å². The summed E-state index contributed by atoms with van der Waals surface area (Å²) in [4.78, 5) is 25.1. The lowest BCUT2D eigenvalue weighted by atomic mass is 10.1. The maximum absolute atomic E-state index is 13.3. The highest BCUT2D eigenvalue weighted by Crippen LogP contribution is 2.30. The molecule has 0 bridgehead atoms. The first-order valence-corrected chi connectivity index (χ1v) is 9.28. The molecule has 0 spiro atoms. The molecule has 0 aromatic heterocycles. The second-order valence-electron chi connectivity index (χ2n) is 6.28. The predicted molar refractivity (Wildman–Crippen MR) is 111 cm³/mol. The van der Waals surface area contributed by atoms with Gasteiger partial charge in [0.2, 0.25) is 0 Å². The minimum absolute atomic E-state index is 0.124. The zero-order chi connectivity index (χ0) is 21.7. The maximum atomic E-state index is 13.3. The lowest BCUT2D eigenvalue weighted by molar-refractivity contribution is -0.143. The summed E-state index contributed by atoms with van der Waals surface area (Å²) in [6, 6.07) is 11.2. The van der Waals surface area contributed by atoms with Gasteiger partial charge in [-0.1, -0.05) is 18.2 Å². The molecule has 1 aliphatic heterocycles. The molecule has 1 N–H and O–H groups in total. The molecular weight excluding hydrogens is 411 g/mol. The van der Waals surface area contributed by atoms with Gasteiger partial charge in [-0.3, -0.25) is 14.5 Å². The first-order chi connectivity index (χ1) is 14.4. The molecule has 30 heavy (non-hydrogen) atoms. The second-order valence-corrected chi connectivity index (χ2v) is 6.67. The van der Waals surface area contributed by atoms with Crippen LogP contribution in [0.1, 0.15) is 11.1 Å². The van der Waals surface area contributed by atoms with E-state index in [-0.39, 0.29) is 29.8 Å². The van der Waals surface area contributed by atoms with Crippen LogP contribution in [-0.4, -0.2) is 42.7 Å². The Bertz CT molecular complexity index is 1020. The number of halogens is 1.